The second kappa shape index (κ2) is 47.8. The number of carboxylic acid groups (broad SMARTS) is 2. The number of rotatable bonds is 16. The SMILES string of the molecule is Clc1cccnc1Cl.O=C(O)c1ccc(-c2ncccc2Cl)cc1.O=C(O)c1ccc(B(O)O)cc1.[Pd].c1ccc(P(c2ccccc2)c2ccccc2)cc1.c1ccc(P(c2ccccc2)c2ccccc2)cc1.c1ccc(P(c2ccccc2)c2ccccc2)cc1.c1ccc(P(c2ccccc2)c2ccccc2)cc1. The Balaban J connectivity index is 0.000000153. The van der Waals surface area contributed by atoms with E-state index >= 15 is 0 Å². The van der Waals surface area contributed by atoms with Crippen molar-refractivity contribution >= 4 is 155 Å². The number of carbonyl (C=O) groups is 2. The molecule has 562 valence electrons. The summed E-state index contributed by atoms with van der Waals surface area (Å²) in [7, 11) is -3.33. The van der Waals surface area contributed by atoms with Gasteiger partial charge in [-0.3, -0.25) is 4.98 Å². The average molecular weight is 1700 g/mol. The predicted octanol–water partition coefficient (Wildman–Crippen LogP) is 18.3. The van der Waals surface area contributed by atoms with E-state index in [9.17, 15) is 9.59 Å². The van der Waals surface area contributed by atoms with E-state index in [1.165, 1.54) is 100 Å². The Labute approximate surface area is 696 Å². The van der Waals surface area contributed by atoms with Crippen LogP contribution in [-0.2, 0) is 20.4 Å². The number of hydrogen-bond acceptors (Lipinski definition) is 6. The third-order valence-corrected chi connectivity index (χ3v) is 27.3. The Morgan fingerprint density at radius 3 is 0.611 bits per heavy atom. The summed E-state index contributed by atoms with van der Waals surface area (Å²) in [4.78, 5) is 28.9. The molecule has 16 aromatic rings. The molecule has 0 fully saturated rings. The Morgan fingerprint density at radius 1 is 0.248 bits per heavy atom. The summed E-state index contributed by atoms with van der Waals surface area (Å²) in [5.41, 5.74) is 2.10. The van der Waals surface area contributed by atoms with Crippen LogP contribution in [-0.4, -0.2) is 49.3 Å². The van der Waals surface area contributed by atoms with Gasteiger partial charge in [0.2, 0.25) is 0 Å². The molecule has 0 aliphatic heterocycles. The summed E-state index contributed by atoms with van der Waals surface area (Å²) in [5, 5.41) is 52.7. The summed E-state index contributed by atoms with van der Waals surface area (Å²) < 4.78 is 0. The maximum Gasteiger partial charge on any atom is 0.488 e. The minimum atomic E-state index is -1.55. The molecule has 0 bridgehead atoms. The molecule has 0 atom stereocenters. The van der Waals surface area contributed by atoms with Crippen LogP contribution in [0.2, 0.25) is 15.2 Å². The van der Waals surface area contributed by atoms with E-state index in [-0.39, 0.29) is 37.0 Å². The van der Waals surface area contributed by atoms with Crippen molar-refractivity contribution in [1.29, 1.82) is 0 Å². The van der Waals surface area contributed by atoms with Crippen LogP contribution < -0.4 is 69.1 Å². The van der Waals surface area contributed by atoms with Gasteiger partial charge in [-0.25, -0.2) is 14.6 Å². The van der Waals surface area contributed by atoms with Gasteiger partial charge in [0.1, 0.15) is 5.15 Å². The third kappa shape index (κ3) is 27.4. The van der Waals surface area contributed by atoms with Crippen LogP contribution in [0.5, 0.6) is 0 Å². The quantitative estimate of drug-likeness (QED) is 0.0426. The van der Waals surface area contributed by atoms with Gasteiger partial charge in [-0.05, 0) is 149 Å². The molecule has 2 aromatic heterocycles. The molecule has 0 radical (unpaired) electrons. The number of pyridine rings is 2. The summed E-state index contributed by atoms with van der Waals surface area (Å²) >= 11 is 17.0. The molecule has 0 amide bonds. The van der Waals surface area contributed by atoms with E-state index in [1.807, 2.05) is 0 Å². The largest absolute Gasteiger partial charge is 0.488 e. The standard InChI is InChI=1S/4C18H15P.C12H8ClNO2.C7H7BO4.C5H3Cl2N.Pd/c4*1-4-10-16(11-5-1)19(17-12-6-2-7-13-17)18-14-8-3-9-15-18;13-10-2-1-7-14-11(10)8-3-5-9(6-4-8)12(15)16;9-7(10)5-1-3-6(4-2-5)8(11)12;6-4-2-1-3-8-5(4)7;/h4*1-15H;1-7H,(H,15,16);1-4,11-12H,(H,9,10);1-3H;. The van der Waals surface area contributed by atoms with Crippen LogP contribution in [0.1, 0.15) is 20.7 Å². The Kier molecular flexibility index (Phi) is 36.6. The van der Waals surface area contributed by atoms with Crippen molar-refractivity contribution in [1.82, 2.24) is 9.97 Å². The second-order valence-corrected chi connectivity index (χ2v) is 34.2. The van der Waals surface area contributed by atoms with Crippen LogP contribution in [0.15, 0.2) is 449 Å². The van der Waals surface area contributed by atoms with Gasteiger partial charge in [0.15, 0.2) is 0 Å². The number of benzene rings is 14. The summed E-state index contributed by atoms with van der Waals surface area (Å²) in [6, 6.07) is 148. The van der Waals surface area contributed by atoms with E-state index < -0.39 is 50.7 Å². The van der Waals surface area contributed by atoms with Crippen molar-refractivity contribution < 1.29 is 50.3 Å². The first-order chi connectivity index (χ1) is 54.9. The van der Waals surface area contributed by atoms with Crippen LogP contribution in [0.4, 0.5) is 0 Å². The first-order valence-corrected chi connectivity index (χ1v) is 42.1. The average Bonchev–Trinajstić information content (AvgIpc) is 0.844. The minimum Gasteiger partial charge on any atom is -0.478 e. The van der Waals surface area contributed by atoms with E-state index in [0.29, 0.717) is 20.9 Å². The van der Waals surface area contributed by atoms with Crippen molar-refractivity contribution in [3.05, 3.63) is 475 Å². The van der Waals surface area contributed by atoms with Crippen LogP contribution in [0.25, 0.3) is 11.3 Å². The van der Waals surface area contributed by atoms with Gasteiger partial charge in [-0.2, -0.15) is 0 Å². The van der Waals surface area contributed by atoms with E-state index in [4.69, 9.17) is 55.1 Å². The van der Waals surface area contributed by atoms with Gasteiger partial charge >= 0.3 is 19.1 Å². The van der Waals surface area contributed by atoms with Crippen molar-refractivity contribution in [2.45, 2.75) is 0 Å². The fourth-order valence-corrected chi connectivity index (χ4v) is 20.9. The second-order valence-electron chi connectivity index (χ2n) is 24.2. The predicted molar refractivity (Wildman–Crippen MR) is 480 cm³/mol. The minimum absolute atomic E-state index is 0. The van der Waals surface area contributed by atoms with Gasteiger partial charge in [0, 0.05) is 38.4 Å². The maximum absolute atomic E-state index is 10.7. The Morgan fingerprint density at radius 2 is 0.442 bits per heavy atom. The van der Waals surface area contributed by atoms with Gasteiger partial charge in [0.25, 0.3) is 0 Å². The summed E-state index contributed by atoms with van der Waals surface area (Å²) in [5.74, 6) is -1.98. The van der Waals surface area contributed by atoms with E-state index in [2.05, 4.69) is 374 Å². The fourth-order valence-electron chi connectivity index (χ4n) is 11.2. The van der Waals surface area contributed by atoms with Gasteiger partial charge in [0.05, 0.1) is 26.9 Å². The van der Waals surface area contributed by atoms with Crippen molar-refractivity contribution in [3.8, 4) is 11.3 Å². The van der Waals surface area contributed by atoms with Crippen LogP contribution in [0.3, 0.4) is 0 Å². The van der Waals surface area contributed by atoms with Gasteiger partial charge in [-0.15, -0.1) is 0 Å². The molecule has 0 aliphatic carbocycles. The number of aromatic carboxylic acids is 2. The molecular formula is C96H78BCl3N2O6P4Pd. The Bertz CT molecular complexity index is 4480. The molecule has 0 saturated heterocycles. The molecule has 2 heterocycles. The third-order valence-electron chi connectivity index (χ3n) is 16.5. The Hall–Kier alpha value is -10.4. The zero-order valence-corrected chi connectivity index (χ0v) is 68.4. The maximum atomic E-state index is 10.7. The van der Waals surface area contributed by atoms with Crippen LogP contribution in [0, 0.1) is 0 Å². The molecule has 16 rings (SSSR count). The molecular weight excluding hydrogens is 1620 g/mol. The van der Waals surface area contributed by atoms with Gasteiger partial charge < -0.3 is 20.3 Å². The number of aromatic nitrogens is 2. The molecule has 0 saturated carbocycles. The summed E-state index contributed by atoms with van der Waals surface area (Å²) in [6.45, 7) is 0. The first-order valence-electron chi connectivity index (χ1n) is 35.6. The van der Waals surface area contributed by atoms with Crippen LogP contribution >= 0.6 is 66.5 Å². The number of halogens is 3. The number of hydrogen-bond donors (Lipinski definition) is 4. The monoisotopic (exact) mass is 1700 g/mol. The van der Waals surface area contributed by atoms with Crippen molar-refractivity contribution in [2.75, 3.05) is 0 Å². The van der Waals surface area contributed by atoms with E-state index in [1.54, 1.807) is 48.8 Å². The molecule has 0 aliphatic rings. The molecule has 0 unspecified atom stereocenters. The molecule has 0 spiro atoms. The van der Waals surface area contributed by atoms with Gasteiger partial charge in [-0.1, -0.05) is 423 Å². The molecule has 4 N–H and O–H groups in total. The zero-order valence-electron chi connectivity index (χ0n) is 61.0. The molecule has 14 aromatic carbocycles. The molecule has 113 heavy (non-hydrogen) atoms. The first kappa shape index (κ1) is 86.5. The molecule has 8 nitrogen and oxygen atoms in total. The fraction of sp³-hybridized carbons (Fsp3) is 0. The number of nitrogens with zero attached hydrogens (tertiary/aromatic N) is 2. The number of carboxylic acids is 2. The van der Waals surface area contributed by atoms with E-state index in [0.717, 1.165) is 5.56 Å². The normalized spacial score (nSPS) is 10.2. The topological polar surface area (TPSA) is 141 Å². The molecule has 17 heteroatoms. The summed E-state index contributed by atoms with van der Waals surface area (Å²) in [6.07, 6.45) is 3.24. The van der Waals surface area contributed by atoms with Crippen molar-refractivity contribution in [3.63, 3.8) is 0 Å². The zero-order chi connectivity index (χ0) is 78.3. The smallest absolute Gasteiger partial charge is 0.478 e. The van der Waals surface area contributed by atoms with Crippen molar-refractivity contribution in [2.24, 2.45) is 0 Å².